The zero-order valence-corrected chi connectivity index (χ0v) is 15.8. The van der Waals surface area contributed by atoms with Crippen LogP contribution in [-0.2, 0) is 17.8 Å². The zero-order valence-electron chi connectivity index (χ0n) is 15.1. The second kappa shape index (κ2) is 9.58. The Morgan fingerprint density at radius 3 is 2.54 bits per heavy atom. The van der Waals surface area contributed by atoms with Crippen LogP contribution in [0.15, 0.2) is 42.6 Å². The van der Waals surface area contributed by atoms with E-state index in [1.165, 1.54) is 25.7 Å². The van der Waals surface area contributed by atoms with Crippen molar-refractivity contribution in [1.29, 1.82) is 0 Å². The monoisotopic (exact) mass is 371 g/mol. The number of anilines is 1. The van der Waals surface area contributed by atoms with Crippen LogP contribution in [0.25, 0.3) is 0 Å². The minimum Gasteiger partial charge on any atom is -0.357 e. The van der Waals surface area contributed by atoms with Crippen LogP contribution < -0.4 is 10.2 Å². The number of nitrogens with zero attached hydrogens (tertiary/aromatic N) is 2. The maximum Gasteiger partial charge on any atom is 0.220 e. The van der Waals surface area contributed by atoms with Crippen molar-refractivity contribution < 1.29 is 4.79 Å². The van der Waals surface area contributed by atoms with Gasteiger partial charge in [-0.15, -0.1) is 0 Å². The SMILES string of the molecule is O=C(CCc1ccccc1Cl)NCc1ccc(N2CCCCCC2)nc1. The third-order valence-electron chi connectivity index (χ3n) is 4.81. The van der Waals surface area contributed by atoms with Gasteiger partial charge in [-0.05, 0) is 42.5 Å². The third-order valence-corrected chi connectivity index (χ3v) is 5.18. The molecule has 0 radical (unpaired) electrons. The first-order chi connectivity index (χ1) is 12.7. The topological polar surface area (TPSA) is 45.2 Å². The molecule has 1 aromatic carbocycles. The molecule has 1 aliphatic heterocycles. The lowest BCUT2D eigenvalue weighted by molar-refractivity contribution is -0.121. The maximum absolute atomic E-state index is 12.1. The van der Waals surface area contributed by atoms with Gasteiger partial charge in [0.2, 0.25) is 5.91 Å². The number of hydrogen-bond acceptors (Lipinski definition) is 3. The molecule has 1 amide bonds. The maximum atomic E-state index is 12.1. The van der Waals surface area contributed by atoms with E-state index in [1.807, 2.05) is 30.5 Å². The molecule has 0 unspecified atom stereocenters. The van der Waals surface area contributed by atoms with E-state index in [0.29, 0.717) is 24.4 Å². The van der Waals surface area contributed by atoms with E-state index in [4.69, 9.17) is 11.6 Å². The van der Waals surface area contributed by atoms with Crippen molar-refractivity contribution in [3.05, 3.63) is 58.7 Å². The number of aryl methyl sites for hydroxylation is 1. The number of benzene rings is 1. The molecule has 1 N–H and O–H groups in total. The van der Waals surface area contributed by atoms with E-state index >= 15 is 0 Å². The number of hydrogen-bond donors (Lipinski definition) is 1. The molecule has 1 saturated heterocycles. The van der Waals surface area contributed by atoms with Crippen LogP contribution in [0.5, 0.6) is 0 Å². The molecule has 1 fully saturated rings. The number of carbonyl (C=O) groups is 1. The molecular formula is C21H26ClN3O. The molecule has 26 heavy (non-hydrogen) atoms. The molecule has 0 bridgehead atoms. The van der Waals surface area contributed by atoms with Crippen molar-refractivity contribution in [2.24, 2.45) is 0 Å². The molecule has 2 heterocycles. The van der Waals surface area contributed by atoms with Gasteiger partial charge in [0, 0.05) is 37.3 Å². The molecule has 4 nitrogen and oxygen atoms in total. The van der Waals surface area contributed by atoms with Crippen LogP contribution in [0, 0.1) is 0 Å². The molecule has 2 aromatic rings. The first-order valence-corrected chi connectivity index (χ1v) is 9.80. The van der Waals surface area contributed by atoms with Crippen molar-refractivity contribution in [3.8, 4) is 0 Å². The standard InChI is InChI=1S/C21H26ClN3O/c22-19-8-4-3-7-18(19)10-12-21(26)24-16-17-9-11-20(23-15-17)25-13-5-1-2-6-14-25/h3-4,7-9,11,15H,1-2,5-6,10,12-14,16H2,(H,24,26). The summed E-state index contributed by atoms with van der Waals surface area (Å²) in [6.45, 7) is 2.69. The number of carbonyl (C=O) groups excluding carboxylic acids is 1. The lowest BCUT2D eigenvalue weighted by Crippen LogP contribution is -2.25. The fourth-order valence-electron chi connectivity index (χ4n) is 3.25. The highest BCUT2D eigenvalue weighted by molar-refractivity contribution is 6.31. The summed E-state index contributed by atoms with van der Waals surface area (Å²) in [6, 6.07) is 11.8. The molecule has 138 valence electrons. The third kappa shape index (κ3) is 5.46. The molecule has 0 saturated carbocycles. The number of rotatable bonds is 6. The Hall–Kier alpha value is -2.07. The Morgan fingerprint density at radius 2 is 1.85 bits per heavy atom. The number of amides is 1. The van der Waals surface area contributed by atoms with Gasteiger partial charge in [-0.25, -0.2) is 4.98 Å². The van der Waals surface area contributed by atoms with E-state index in [1.54, 1.807) is 0 Å². The minimum absolute atomic E-state index is 0.0292. The summed E-state index contributed by atoms with van der Waals surface area (Å²) in [4.78, 5) is 19.0. The van der Waals surface area contributed by atoms with Crippen LogP contribution in [0.3, 0.4) is 0 Å². The molecule has 1 aromatic heterocycles. The van der Waals surface area contributed by atoms with Gasteiger partial charge in [-0.1, -0.05) is 48.7 Å². The summed E-state index contributed by atoms with van der Waals surface area (Å²) in [6.07, 6.45) is 8.06. The van der Waals surface area contributed by atoms with Crippen molar-refractivity contribution >= 4 is 23.3 Å². The Balaban J connectivity index is 1.45. The summed E-state index contributed by atoms with van der Waals surface area (Å²) in [5.74, 6) is 1.07. The van der Waals surface area contributed by atoms with Gasteiger partial charge in [0.25, 0.3) is 0 Å². The first kappa shape index (κ1) is 18.7. The lowest BCUT2D eigenvalue weighted by atomic mass is 10.1. The fourth-order valence-corrected chi connectivity index (χ4v) is 3.48. The highest BCUT2D eigenvalue weighted by Crippen LogP contribution is 2.18. The highest BCUT2D eigenvalue weighted by Gasteiger charge is 2.11. The number of nitrogens with one attached hydrogen (secondary N) is 1. The molecule has 0 aliphatic carbocycles. The minimum atomic E-state index is 0.0292. The molecule has 0 spiro atoms. The normalized spacial score (nSPS) is 14.7. The van der Waals surface area contributed by atoms with Crippen molar-refractivity contribution in [3.63, 3.8) is 0 Å². The first-order valence-electron chi connectivity index (χ1n) is 9.42. The zero-order chi connectivity index (χ0) is 18.2. The average Bonchev–Trinajstić information content (AvgIpc) is 2.96. The van der Waals surface area contributed by atoms with Crippen molar-refractivity contribution in [2.75, 3.05) is 18.0 Å². The summed E-state index contributed by atoms with van der Waals surface area (Å²) < 4.78 is 0. The Labute approximate surface area is 160 Å². The summed E-state index contributed by atoms with van der Waals surface area (Å²) in [5.41, 5.74) is 2.03. The number of pyridine rings is 1. The Morgan fingerprint density at radius 1 is 1.08 bits per heavy atom. The fraction of sp³-hybridized carbons (Fsp3) is 0.429. The predicted molar refractivity (Wildman–Crippen MR) is 107 cm³/mol. The van der Waals surface area contributed by atoms with Gasteiger partial charge in [-0.3, -0.25) is 4.79 Å². The quantitative estimate of drug-likeness (QED) is 0.820. The van der Waals surface area contributed by atoms with Crippen LogP contribution >= 0.6 is 11.6 Å². The average molecular weight is 372 g/mol. The summed E-state index contributed by atoms with van der Waals surface area (Å²) in [7, 11) is 0. The van der Waals surface area contributed by atoms with Crippen LogP contribution in [0.1, 0.15) is 43.2 Å². The Bertz CT molecular complexity index is 709. The largest absolute Gasteiger partial charge is 0.357 e. The second-order valence-corrected chi connectivity index (χ2v) is 7.20. The molecular weight excluding hydrogens is 346 g/mol. The lowest BCUT2D eigenvalue weighted by Gasteiger charge is -2.21. The van der Waals surface area contributed by atoms with Gasteiger partial charge in [0.15, 0.2) is 0 Å². The molecule has 1 aliphatic rings. The van der Waals surface area contributed by atoms with Gasteiger partial charge in [-0.2, -0.15) is 0 Å². The van der Waals surface area contributed by atoms with Gasteiger partial charge in [0.1, 0.15) is 5.82 Å². The van der Waals surface area contributed by atoms with Gasteiger partial charge < -0.3 is 10.2 Å². The van der Waals surface area contributed by atoms with E-state index in [-0.39, 0.29) is 5.91 Å². The van der Waals surface area contributed by atoms with Crippen LogP contribution in [0.2, 0.25) is 5.02 Å². The summed E-state index contributed by atoms with van der Waals surface area (Å²) >= 11 is 6.13. The van der Waals surface area contributed by atoms with E-state index in [2.05, 4.69) is 27.3 Å². The number of halogens is 1. The van der Waals surface area contributed by atoms with Crippen molar-refractivity contribution in [2.45, 2.75) is 45.1 Å². The van der Waals surface area contributed by atoms with Crippen LogP contribution in [-0.4, -0.2) is 24.0 Å². The molecule has 0 atom stereocenters. The highest BCUT2D eigenvalue weighted by atomic mass is 35.5. The van der Waals surface area contributed by atoms with Gasteiger partial charge >= 0.3 is 0 Å². The summed E-state index contributed by atoms with van der Waals surface area (Å²) in [5, 5.41) is 3.68. The van der Waals surface area contributed by atoms with Gasteiger partial charge in [0.05, 0.1) is 0 Å². The van der Waals surface area contributed by atoms with E-state index in [0.717, 1.165) is 30.0 Å². The predicted octanol–water partition coefficient (Wildman–Crippen LogP) is 4.36. The number of aromatic nitrogens is 1. The smallest absolute Gasteiger partial charge is 0.220 e. The van der Waals surface area contributed by atoms with E-state index in [9.17, 15) is 4.79 Å². The van der Waals surface area contributed by atoms with Crippen LogP contribution in [0.4, 0.5) is 5.82 Å². The Kier molecular flexibility index (Phi) is 6.89. The van der Waals surface area contributed by atoms with Crippen molar-refractivity contribution in [1.82, 2.24) is 10.3 Å². The molecule has 3 rings (SSSR count). The molecule has 5 heteroatoms. The van der Waals surface area contributed by atoms with E-state index < -0.39 is 0 Å². The second-order valence-electron chi connectivity index (χ2n) is 6.79.